The van der Waals surface area contributed by atoms with Crippen LogP contribution in [0.1, 0.15) is 18.5 Å². The highest BCUT2D eigenvalue weighted by Crippen LogP contribution is 2.30. The van der Waals surface area contributed by atoms with Gasteiger partial charge >= 0.3 is 6.03 Å². The Balaban J connectivity index is 1.43. The fourth-order valence-corrected chi connectivity index (χ4v) is 3.55. The molecule has 1 saturated heterocycles. The topological polar surface area (TPSA) is 131 Å². The van der Waals surface area contributed by atoms with Gasteiger partial charge in [0.1, 0.15) is 24.2 Å². The zero-order chi connectivity index (χ0) is 24.3. The van der Waals surface area contributed by atoms with Crippen LogP contribution in [0.25, 0.3) is 0 Å². The molecule has 184 valence electrons. The summed E-state index contributed by atoms with van der Waals surface area (Å²) in [7, 11) is 0. The van der Waals surface area contributed by atoms with Gasteiger partial charge in [-0.25, -0.2) is 9.78 Å². The van der Waals surface area contributed by atoms with E-state index < -0.39 is 6.03 Å². The van der Waals surface area contributed by atoms with Crippen molar-refractivity contribution in [3.8, 4) is 23.4 Å². The second kappa shape index (κ2) is 12.5. The SMILES string of the molecule is N#Cc1ncc2nc1OCC/C=C\COc1ccc(OCCCN3CCOCC3)cc1NC(=O)N2. The van der Waals surface area contributed by atoms with E-state index in [2.05, 4.69) is 25.5 Å². The molecule has 0 atom stereocenters. The van der Waals surface area contributed by atoms with Crippen molar-refractivity contribution < 1.29 is 23.7 Å². The Morgan fingerprint density at radius 1 is 1.14 bits per heavy atom. The van der Waals surface area contributed by atoms with Crippen molar-refractivity contribution in [1.82, 2.24) is 14.9 Å². The minimum Gasteiger partial charge on any atom is -0.493 e. The van der Waals surface area contributed by atoms with Gasteiger partial charge in [-0.1, -0.05) is 12.2 Å². The molecule has 2 bridgehead atoms. The average Bonchev–Trinajstić information content (AvgIpc) is 2.87. The summed E-state index contributed by atoms with van der Waals surface area (Å²) in [5, 5.41) is 14.6. The largest absolute Gasteiger partial charge is 0.493 e. The summed E-state index contributed by atoms with van der Waals surface area (Å²) < 4.78 is 22.7. The number of nitrogens with zero attached hydrogens (tertiary/aromatic N) is 4. The summed E-state index contributed by atoms with van der Waals surface area (Å²) in [6.45, 7) is 5.55. The molecule has 0 saturated carbocycles. The van der Waals surface area contributed by atoms with E-state index in [0.29, 0.717) is 43.4 Å². The van der Waals surface area contributed by atoms with Gasteiger partial charge in [0.2, 0.25) is 5.69 Å². The molecule has 2 amide bonds. The van der Waals surface area contributed by atoms with Crippen molar-refractivity contribution in [2.24, 2.45) is 0 Å². The normalized spacial score (nSPS) is 17.6. The first kappa shape index (κ1) is 24.3. The van der Waals surface area contributed by atoms with Crippen molar-refractivity contribution >= 4 is 17.5 Å². The lowest BCUT2D eigenvalue weighted by Gasteiger charge is -2.26. The summed E-state index contributed by atoms with van der Waals surface area (Å²) in [5.41, 5.74) is 0.503. The number of rotatable bonds is 5. The van der Waals surface area contributed by atoms with Gasteiger partial charge in [-0.15, -0.1) is 0 Å². The van der Waals surface area contributed by atoms with Crippen molar-refractivity contribution in [2.75, 3.05) is 63.3 Å². The molecule has 35 heavy (non-hydrogen) atoms. The maximum absolute atomic E-state index is 12.7. The lowest BCUT2D eigenvalue weighted by molar-refractivity contribution is 0.0358. The molecule has 1 fully saturated rings. The van der Waals surface area contributed by atoms with Crippen LogP contribution in [0.15, 0.2) is 36.5 Å². The number of morpholine rings is 1. The summed E-state index contributed by atoms with van der Waals surface area (Å²) in [5.74, 6) is 1.35. The molecule has 0 unspecified atom stereocenters. The Labute approximate surface area is 203 Å². The predicted octanol–water partition coefficient (Wildman–Crippen LogP) is 2.81. The molecule has 1 aromatic heterocycles. The van der Waals surface area contributed by atoms with Crippen LogP contribution in [0, 0.1) is 11.3 Å². The molecular weight excluding hydrogens is 452 g/mol. The third kappa shape index (κ3) is 7.30. The number of benzene rings is 1. The van der Waals surface area contributed by atoms with Gasteiger partial charge in [0.25, 0.3) is 5.88 Å². The first-order valence-electron chi connectivity index (χ1n) is 11.5. The van der Waals surface area contributed by atoms with Gasteiger partial charge in [-0.3, -0.25) is 10.2 Å². The first-order chi connectivity index (χ1) is 17.2. The number of hydrogen-bond acceptors (Lipinski definition) is 9. The van der Waals surface area contributed by atoms with E-state index in [0.717, 1.165) is 39.3 Å². The van der Waals surface area contributed by atoms with Crippen LogP contribution >= 0.6 is 0 Å². The smallest absolute Gasteiger partial charge is 0.325 e. The number of anilines is 2. The van der Waals surface area contributed by atoms with E-state index in [-0.39, 0.29) is 17.4 Å². The number of carbonyl (C=O) groups is 1. The summed E-state index contributed by atoms with van der Waals surface area (Å²) in [6.07, 6.45) is 6.54. The van der Waals surface area contributed by atoms with Crippen LogP contribution < -0.4 is 24.8 Å². The Hall–Kier alpha value is -3.88. The number of amides is 2. The molecule has 1 aromatic carbocycles. The fourth-order valence-electron chi connectivity index (χ4n) is 3.55. The average molecular weight is 481 g/mol. The lowest BCUT2D eigenvalue weighted by atomic mass is 10.2. The van der Waals surface area contributed by atoms with E-state index in [1.165, 1.54) is 6.20 Å². The highest BCUT2D eigenvalue weighted by Gasteiger charge is 2.14. The third-order valence-electron chi connectivity index (χ3n) is 5.30. The van der Waals surface area contributed by atoms with Gasteiger partial charge in [-0.2, -0.15) is 10.2 Å². The molecular formula is C24H28N6O5. The van der Waals surface area contributed by atoms with Crippen LogP contribution in [0.5, 0.6) is 17.4 Å². The van der Waals surface area contributed by atoms with Crippen molar-refractivity contribution in [2.45, 2.75) is 12.8 Å². The summed E-state index contributed by atoms with van der Waals surface area (Å²) in [6, 6.07) is 6.70. The summed E-state index contributed by atoms with van der Waals surface area (Å²) in [4.78, 5) is 23.2. The number of nitriles is 1. The second-order valence-electron chi connectivity index (χ2n) is 7.83. The van der Waals surface area contributed by atoms with E-state index in [1.54, 1.807) is 12.1 Å². The molecule has 0 spiro atoms. The zero-order valence-corrected chi connectivity index (χ0v) is 19.4. The molecule has 4 rings (SSSR count). The number of ether oxygens (including phenoxy) is 4. The van der Waals surface area contributed by atoms with E-state index in [9.17, 15) is 10.1 Å². The lowest BCUT2D eigenvalue weighted by Crippen LogP contribution is -2.37. The van der Waals surface area contributed by atoms with Crippen LogP contribution in [-0.2, 0) is 4.74 Å². The molecule has 0 radical (unpaired) electrons. The molecule has 11 heteroatoms. The molecule has 3 heterocycles. The van der Waals surface area contributed by atoms with Crippen LogP contribution in [0.2, 0.25) is 0 Å². The van der Waals surface area contributed by atoms with Gasteiger partial charge in [-0.05, 0) is 25.0 Å². The quantitative estimate of drug-likeness (QED) is 0.490. The molecule has 2 aliphatic heterocycles. The Morgan fingerprint density at radius 2 is 2.03 bits per heavy atom. The zero-order valence-electron chi connectivity index (χ0n) is 19.4. The third-order valence-corrected chi connectivity index (χ3v) is 5.30. The van der Waals surface area contributed by atoms with Gasteiger partial charge in [0, 0.05) is 25.7 Å². The predicted molar refractivity (Wildman–Crippen MR) is 128 cm³/mol. The van der Waals surface area contributed by atoms with E-state index in [1.807, 2.05) is 24.3 Å². The number of fused-ring (bicyclic) bond motifs is 3. The highest BCUT2D eigenvalue weighted by molar-refractivity contribution is 6.00. The van der Waals surface area contributed by atoms with Crippen LogP contribution in [0.3, 0.4) is 0 Å². The minimum atomic E-state index is -0.547. The Kier molecular flexibility index (Phi) is 8.69. The van der Waals surface area contributed by atoms with E-state index in [4.69, 9.17) is 18.9 Å². The van der Waals surface area contributed by atoms with Crippen molar-refractivity contribution in [1.29, 1.82) is 5.26 Å². The van der Waals surface area contributed by atoms with Gasteiger partial charge in [0.15, 0.2) is 5.82 Å². The number of nitrogens with one attached hydrogen (secondary N) is 2. The molecule has 11 nitrogen and oxygen atoms in total. The summed E-state index contributed by atoms with van der Waals surface area (Å²) >= 11 is 0. The van der Waals surface area contributed by atoms with Crippen LogP contribution in [-0.4, -0.2) is 73.6 Å². The maximum Gasteiger partial charge on any atom is 0.325 e. The van der Waals surface area contributed by atoms with Crippen LogP contribution in [0.4, 0.5) is 16.3 Å². The second-order valence-corrected chi connectivity index (χ2v) is 7.83. The van der Waals surface area contributed by atoms with E-state index >= 15 is 0 Å². The molecule has 0 aliphatic carbocycles. The van der Waals surface area contributed by atoms with Crippen molar-refractivity contribution in [3.05, 3.63) is 42.2 Å². The standard InChI is InChI=1S/C24H28N6O5/c25-16-20-23-28-22(17-26-20)29-24(31)27-19-15-18(33-12-4-7-30-8-13-32-14-9-30)5-6-21(19)34-10-2-1-3-11-35-23/h1-2,5-6,15,17H,3-4,7-14H2,(H2,27,28,29,31)/b2-1-. The maximum atomic E-state index is 12.7. The number of aromatic nitrogens is 2. The minimum absolute atomic E-state index is 0.0494. The number of urea groups is 1. The first-order valence-corrected chi connectivity index (χ1v) is 11.5. The van der Waals surface area contributed by atoms with Crippen molar-refractivity contribution in [3.63, 3.8) is 0 Å². The highest BCUT2D eigenvalue weighted by atomic mass is 16.5. The number of carbonyl (C=O) groups excluding carboxylic acids is 1. The Morgan fingerprint density at radius 3 is 2.89 bits per heavy atom. The molecule has 2 aromatic rings. The monoisotopic (exact) mass is 480 g/mol. The van der Waals surface area contributed by atoms with Gasteiger partial charge < -0.3 is 24.3 Å². The van der Waals surface area contributed by atoms with Gasteiger partial charge in [0.05, 0.1) is 38.3 Å². The fraction of sp³-hybridized carbons (Fsp3) is 0.417. The molecule has 2 N–H and O–H groups in total. The number of hydrogen-bond donors (Lipinski definition) is 2. The molecule has 2 aliphatic rings. The Bertz CT molecular complexity index is 1080.